The number of ether oxygens (including phenoxy) is 2. The molecule has 1 aromatic heterocycles. The van der Waals surface area contributed by atoms with Gasteiger partial charge in [0.15, 0.2) is 0 Å². The number of aromatic amines is 1. The van der Waals surface area contributed by atoms with Crippen molar-refractivity contribution in [1.29, 1.82) is 5.26 Å². The maximum Gasteiger partial charge on any atom is 0.307 e. The summed E-state index contributed by atoms with van der Waals surface area (Å²) in [5.41, 5.74) is 3.30. The first-order chi connectivity index (χ1) is 16.7. The molecule has 35 heavy (non-hydrogen) atoms. The largest absolute Gasteiger partial charge is 0.495 e. The molecule has 1 amide bonds. The quantitative estimate of drug-likeness (QED) is 0.476. The Morgan fingerprint density at radius 3 is 2.49 bits per heavy atom. The lowest BCUT2D eigenvalue weighted by Crippen LogP contribution is -2.26. The number of nitriles is 1. The third-order valence-electron chi connectivity index (χ3n) is 5.70. The van der Waals surface area contributed by atoms with Crippen molar-refractivity contribution in [3.8, 4) is 11.8 Å². The number of hydrogen-bond donors (Lipinski definition) is 2. The minimum Gasteiger partial charge on any atom is -0.495 e. The van der Waals surface area contributed by atoms with Gasteiger partial charge in [0.2, 0.25) is 6.10 Å². The molecule has 8 nitrogen and oxygen atoms in total. The molecule has 0 saturated carbocycles. The number of nitrogens with one attached hydrogen (secondary N) is 2. The van der Waals surface area contributed by atoms with Crippen LogP contribution in [0.25, 0.3) is 0 Å². The second-order valence-corrected chi connectivity index (χ2v) is 8.14. The summed E-state index contributed by atoms with van der Waals surface area (Å²) in [5, 5.41) is 12.1. The first kappa shape index (κ1) is 25.2. The molecule has 0 bridgehead atoms. The van der Waals surface area contributed by atoms with Crippen molar-refractivity contribution < 1.29 is 19.1 Å². The molecule has 1 unspecified atom stereocenters. The summed E-state index contributed by atoms with van der Waals surface area (Å²) in [4.78, 5) is 40.6. The third kappa shape index (κ3) is 5.95. The molecule has 2 N–H and O–H groups in total. The Balaban J connectivity index is 1.80. The van der Waals surface area contributed by atoms with Gasteiger partial charge in [0, 0.05) is 17.7 Å². The summed E-state index contributed by atoms with van der Waals surface area (Å²) < 4.78 is 11.0. The molecule has 0 fully saturated rings. The zero-order valence-electron chi connectivity index (χ0n) is 20.1. The second kappa shape index (κ2) is 11.2. The number of rotatable bonds is 8. The maximum absolute atomic E-state index is 13.2. The van der Waals surface area contributed by atoms with Gasteiger partial charge >= 0.3 is 5.97 Å². The minimum atomic E-state index is -1.18. The number of carbonyl (C=O) groups excluding carboxylic acids is 2. The highest BCUT2D eigenvalue weighted by molar-refractivity contribution is 5.97. The predicted molar refractivity (Wildman–Crippen MR) is 131 cm³/mol. The molecule has 0 saturated heterocycles. The molecule has 1 atom stereocenters. The number of benzene rings is 2. The summed E-state index contributed by atoms with van der Waals surface area (Å²) in [6.45, 7) is 5.28. The molecule has 0 spiro atoms. The van der Waals surface area contributed by atoms with Crippen LogP contribution in [-0.2, 0) is 20.7 Å². The zero-order valence-corrected chi connectivity index (χ0v) is 20.1. The van der Waals surface area contributed by atoms with E-state index >= 15 is 0 Å². The lowest BCUT2D eigenvalue weighted by atomic mass is 9.99. The Kier molecular flexibility index (Phi) is 8.05. The average molecular weight is 474 g/mol. The van der Waals surface area contributed by atoms with Crippen molar-refractivity contribution in [2.45, 2.75) is 39.7 Å². The fourth-order valence-corrected chi connectivity index (χ4v) is 3.86. The van der Waals surface area contributed by atoms with Gasteiger partial charge in [-0.15, -0.1) is 0 Å². The van der Waals surface area contributed by atoms with Crippen LogP contribution in [-0.4, -0.2) is 24.0 Å². The smallest absolute Gasteiger partial charge is 0.307 e. The first-order valence-electron chi connectivity index (χ1n) is 11.1. The molecule has 3 aromatic rings. The van der Waals surface area contributed by atoms with Gasteiger partial charge in [0.05, 0.1) is 12.8 Å². The number of aryl methyl sites for hydroxylation is 2. The van der Waals surface area contributed by atoms with E-state index in [0.717, 1.165) is 5.56 Å². The van der Waals surface area contributed by atoms with E-state index in [0.29, 0.717) is 33.8 Å². The van der Waals surface area contributed by atoms with Crippen LogP contribution in [0.1, 0.15) is 46.0 Å². The Hall–Kier alpha value is -4.38. The van der Waals surface area contributed by atoms with Crippen LogP contribution >= 0.6 is 0 Å². The van der Waals surface area contributed by atoms with Gasteiger partial charge < -0.3 is 19.8 Å². The maximum atomic E-state index is 13.2. The van der Waals surface area contributed by atoms with Crippen molar-refractivity contribution in [3.63, 3.8) is 0 Å². The standard InChI is InChI=1S/C27H27N3O5/c1-16-10-12-23(34-4)22(14-16)30-27(33)25(19-8-6-5-7-9-19)35-24(31)13-11-20-17(2)21(15-28)26(32)29-18(20)3/h5-10,12,14,25H,11,13H2,1-4H3,(H,29,32)(H,30,33). The molecule has 180 valence electrons. The molecule has 1 heterocycles. The van der Waals surface area contributed by atoms with Crippen LogP contribution in [0, 0.1) is 32.1 Å². The number of hydrogen-bond acceptors (Lipinski definition) is 6. The number of esters is 1. The van der Waals surface area contributed by atoms with Gasteiger partial charge in [-0.1, -0.05) is 36.4 Å². The topological polar surface area (TPSA) is 121 Å². The molecule has 0 radical (unpaired) electrons. The van der Waals surface area contributed by atoms with Crippen LogP contribution < -0.4 is 15.6 Å². The number of methoxy groups -OCH3 is 1. The summed E-state index contributed by atoms with van der Waals surface area (Å²) in [5.74, 6) is -0.621. The van der Waals surface area contributed by atoms with Crippen molar-refractivity contribution in [2.24, 2.45) is 0 Å². The highest BCUT2D eigenvalue weighted by Gasteiger charge is 2.26. The fourth-order valence-electron chi connectivity index (χ4n) is 3.86. The monoisotopic (exact) mass is 473 g/mol. The van der Waals surface area contributed by atoms with Crippen LogP contribution in [0.2, 0.25) is 0 Å². The van der Waals surface area contributed by atoms with E-state index in [1.807, 2.05) is 19.1 Å². The Morgan fingerprint density at radius 1 is 1.11 bits per heavy atom. The lowest BCUT2D eigenvalue weighted by Gasteiger charge is -2.19. The van der Waals surface area contributed by atoms with Gasteiger partial charge in [-0.3, -0.25) is 14.4 Å². The van der Waals surface area contributed by atoms with Crippen LogP contribution in [0.3, 0.4) is 0 Å². The predicted octanol–water partition coefficient (Wildman–Crippen LogP) is 4.04. The van der Waals surface area contributed by atoms with Crippen LogP contribution in [0.5, 0.6) is 5.75 Å². The number of amides is 1. The number of nitrogens with zero attached hydrogens (tertiary/aromatic N) is 1. The van der Waals surface area contributed by atoms with E-state index in [1.54, 1.807) is 56.3 Å². The van der Waals surface area contributed by atoms with E-state index in [-0.39, 0.29) is 18.4 Å². The summed E-state index contributed by atoms with van der Waals surface area (Å²) in [6.07, 6.45) is -0.971. The summed E-state index contributed by atoms with van der Waals surface area (Å²) in [7, 11) is 1.51. The van der Waals surface area contributed by atoms with Gasteiger partial charge in [-0.25, -0.2) is 0 Å². The van der Waals surface area contributed by atoms with E-state index < -0.39 is 23.5 Å². The molecule has 2 aromatic carbocycles. The molecule has 0 aliphatic rings. The molecular weight excluding hydrogens is 446 g/mol. The fraction of sp³-hybridized carbons (Fsp3) is 0.259. The molecular formula is C27H27N3O5. The molecule has 3 rings (SSSR count). The molecule has 8 heteroatoms. The average Bonchev–Trinajstić information content (AvgIpc) is 2.83. The van der Waals surface area contributed by atoms with Crippen molar-refractivity contribution in [1.82, 2.24) is 4.98 Å². The Bertz CT molecular complexity index is 1340. The molecule has 0 aliphatic carbocycles. The number of carbonyl (C=O) groups is 2. The molecule has 0 aliphatic heterocycles. The zero-order chi connectivity index (χ0) is 25.5. The van der Waals surface area contributed by atoms with Crippen molar-refractivity contribution in [2.75, 3.05) is 12.4 Å². The second-order valence-electron chi connectivity index (χ2n) is 8.14. The van der Waals surface area contributed by atoms with Crippen LogP contribution in [0.4, 0.5) is 5.69 Å². The van der Waals surface area contributed by atoms with Crippen LogP contribution in [0.15, 0.2) is 53.3 Å². The lowest BCUT2D eigenvalue weighted by molar-refractivity contribution is -0.154. The van der Waals surface area contributed by atoms with E-state index in [4.69, 9.17) is 9.47 Å². The summed E-state index contributed by atoms with van der Waals surface area (Å²) in [6, 6.07) is 16.0. The normalized spacial score (nSPS) is 11.3. The van der Waals surface area contributed by atoms with E-state index in [2.05, 4.69) is 10.3 Å². The van der Waals surface area contributed by atoms with Gasteiger partial charge in [-0.05, 0) is 56.0 Å². The number of H-pyrrole nitrogens is 1. The summed E-state index contributed by atoms with van der Waals surface area (Å²) >= 11 is 0. The van der Waals surface area contributed by atoms with Crippen molar-refractivity contribution in [3.05, 3.63) is 92.4 Å². The highest BCUT2D eigenvalue weighted by Crippen LogP contribution is 2.28. The van der Waals surface area contributed by atoms with Gasteiger partial charge in [0.1, 0.15) is 17.4 Å². The van der Waals surface area contributed by atoms with E-state index in [9.17, 15) is 19.6 Å². The Morgan fingerprint density at radius 2 is 1.83 bits per heavy atom. The number of aromatic nitrogens is 1. The minimum absolute atomic E-state index is 0.0209. The van der Waals surface area contributed by atoms with Gasteiger partial charge in [0.25, 0.3) is 11.5 Å². The number of pyridine rings is 1. The van der Waals surface area contributed by atoms with Crippen molar-refractivity contribution >= 4 is 17.6 Å². The third-order valence-corrected chi connectivity index (χ3v) is 5.70. The number of anilines is 1. The van der Waals surface area contributed by atoms with Gasteiger partial charge in [-0.2, -0.15) is 5.26 Å². The first-order valence-corrected chi connectivity index (χ1v) is 11.1. The highest BCUT2D eigenvalue weighted by atomic mass is 16.5. The Labute approximate surface area is 203 Å². The van der Waals surface area contributed by atoms with E-state index in [1.165, 1.54) is 7.11 Å². The SMILES string of the molecule is COc1ccc(C)cc1NC(=O)C(OC(=O)CCc1c(C)[nH]c(=O)c(C#N)c1C)c1ccccc1.